The SMILES string of the molecule is Cc1ccc(N)c(C#Cc2ccccc2)c1. The minimum atomic E-state index is 0.731. The summed E-state index contributed by atoms with van der Waals surface area (Å²) in [5, 5.41) is 0. The summed E-state index contributed by atoms with van der Waals surface area (Å²) < 4.78 is 0. The summed E-state index contributed by atoms with van der Waals surface area (Å²) in [5.74, 6) is 6.19. The number of hydrogen-bond donors (Lipinski definition) is 1. The van der Waals surface area contributed by atoms with Gasteiger partial charge in [-0.15, -0.1) is 0 Å². The Morgan fingerprint density at radius 3 is 2.44 bits per heavy atom. The van der Waals surface area contributed by atoms with Gasteiger partial charge in [0.1, 0.15) is 0 Å². The second-order valence-electron chi connectivity index (χ2n) is 3.71. The quantitative estimate of drug-likeness (QED) is 0.521. The summed E-state index contributed by atoms with van der Waals surface area (Å²) in [4.78, 5) is 0. The largest absolute Gasteiger partial charge is 0.398 e. The molecule has 2 aromatic carbocycles. The number of aryl methyl sites for hydroxylation is 1. The normalized spacial score (nSPS) is 9.31. The van der Waals surface area contributed by atoms with Gasteiger partial charge in [-0.2, -0.15) is 0 Å². The van der Waals surface area contributed by atoms with Crippen LogP contribution in [0.3, 0.4) is 0 Å². The minimum absolute atomic E-state index is 0.731. The van der Waals surface area contributed by atoms with E-state index in [1.807, 2.05) is 55.5 Å². The molecule has 0 saturated carbocycles. The first kappa shape index (κ1) is 10.3. The van der Waals surface area contributed by atoms with Crippen LogP contribution in [0.4, 0.5) is 5.69 Å². The van der Waals surface area contributed by atoms with Gasteiger partial charge in [-0.1, -0.05) is 36.1 Å². The van der Waals surface area contributed by atoms with Gasteiger partial charge in [-0.25, -0.2) is 0 Å². The lowest BCUT2D eigenvalue weighted by molar-refractivity contribution is 1.45. The van der Waals surface area contributed by atoms with Crippen LogP contribution < -0.4 is 5.73 Å². The van der Waals surface area contributed by atoms with Crippen LogP contribution in [-0.2, 0) is 0 Å². The van der Waals surface area contributed by atoms with Gasteiger partial charge in [-0.05, 0) is 36.8 Å². The van der Waals surface area contributed by atoms with Crippen molar-refractivity contribution in [3.63, 3.8) is 0 Å². The Labute approximate surface area is 95.9 Å². The predicted molar refractivity (Wildman–Crippen MR) is 68.0 cm³/mol. The second kappa shape index (κ2) is 4.55. The third-order valence-electron chi connectivity index (χ3n) is 2.32. The Bertz CT molecular complexity index is 545. The molecule has 16 heavy (non-hydrogen) atoms. The molecule has 0 atom stereocenters. The van der Waals surface area contributed by atoms with Gasteiger partial charge >= 0.3 is 0 Å². The van der Waals surface area contributed by atoms with Gasteiger partial charge in [0.05, 0.1) is 0 Å². The topological polar surface area (TPSA) is 26.0 Å². The monoisotopic (exact) mass is 207 g/mol. The van der Waals surface area contributed by atoms with E-state index >= 15 is 0 Å². The van der Waals surface area contributed by atoms with Crippen molar-refractivity contribution >= 4 is 5.69 Å². The van der Waals surface area contributed by atoms with Crippen molar-refractivity contribution in [3.8, 4) is 11.8 Å². The van der Waals surface area contributed by atoms with Crippen LogP contribution in [0.1, 0.15) is 16.7 Å². The molecule has 0 saturated heterocycles. The average molecular weight is 207 g/mol. The molecule has 1 nitrogen and oxygen atoms in total. The third kappa shape index (κ3) is 2.43. The predicted octanol–water partition coefficient (Wildman–Crippen LogP) is 2.98. The van der Waals surface area contributed by atoms with Crippen LogP contribution in [0.5, 0.6) is 0 Å². The fourth-order valence-electron chi connectivity index (χ4n) is 1.44. The lowest BCUT2D eigenvalue weighted by Gasteiger charge is -1.98. The summed E-state index contributed by atoms with van der Waals surface area (Å²) >= 11 is 0. The molecule has 0 fully saturated rings. The van der Waals surface area contributed by atoms with E-state index in [2.05, 4.69) is 11.8 Å². The molecule has 1 heteroatoms. The molecule has 0 amide bonds. The highest BCUT2D eigenvalue weighted by atomic mass is 14.5. The molecule has 2 aromatic rings. The highest BCUT2D eigenvalue weighted by molar-refractivity contribution is 5.58. The van der Waals surface area contributed by atoms with Gasteiger partial charge < -0.3 is 5.73 Å². The smallest absolute Gasteiger partial charge is 0.0481 e. The first-order chi connectivity index (χ1) is 7.75. The molecule has 0 aromatic heterocycles. The number of anilines is 1. The fraction of sp³-hybridized carbons (Fsp3) is 0.0667. The van der Waals surface area contributed by atoms with Gasteiger partial charge in [-0.3, -0.25) is 0 Å². The van der Waals surface area contributed by atoms with Crippen molar-refractivity contribution in [2.45, 2.75) is 6.92 Å². The van der Waals surface area contributed by atoms with Crippen LogP contribution >= 0.6 is 0 Å². The molecule has 0 aliphatic heterocycles. The van der Waals surface area contributed by atoms with Gasteiger partial charge in [0.2, 0.25) is 0 Å². The summed E-state index contributed by atoms with van der Waals surface area (Å²) in [6, 6.07) is 15.8. The number of nitrogens with two attached hydrogens (primary N) is 1. The summed E-state index contributed by atoms with van der Waals surface area (Å²) in [6.07, 6.45) is 0. The molecule has 0 aliphatic rings. The van der Waals surface area contributed by atoms with Crippen LogP contribution in [0.15, 0.2) is 48.5 Å². The number of nitrogen functional groups attached to an aromatic ring is 1. The Morgan fingerprint density at radius 2 is 1.69 bits per heavy atom. The Kier molecular flexibility index (Phi) is 2.93. The van der Waals surface area contributed by atoms with E-state index in [0.29, 0.717) is 0 Å². The zero-order chi connectivity index (χ0) is 11.4. The van der Waals surface area contributed by atoms with Gasteiger partial charge in [0.25, 0.3) is 0 Å². The van der Waals surface area contributed by atoms with Gasteiger partial charge in [0.15, 0.2) is 0 Å². The van der Waals surface area contributed by atoms with E-state index in [1.54, 1.807) is 0 Å². The summed E-state index contributed by atoms with van der Waals surface area (Å²) in [6.45, 7) is 2.03. The Hall–Kier alpha value is -2.20. The molecule has 0 unspecified atom stereocenters. The van der Waals surface area contributed by atoms with Crippen molar-refractivity contribution < 1.29 is 0 Å². The maximum atomic E-state index is 5.85. The molecule has 0 spiro atoms. The molecule has 2 N–H and O–H groups in total. The summed E-state index contributed by atoms with van der Waals surface area (Å²) in [5.41, 5.74) is 9.65. The lowest BCUT2D eigenvalue weighted by Crippen LogP contribution is -1.90. The number of rotatable bonds is 0. The van der Waals surface area contributed by atoms with Crippen molar-refractivity contribution in [3.05, 3.63) is 65.2 Å². The lowest BCUT2D eigenvalue weighted by atomic mass is 10.1. The van der Waals surface area contributed by atoms with E-state index < -0.39 is 0 Å². The molecule has 78 valence electrons. The van der Waals surface area contributed by atoms with E-state index in [9.17, 15) is 0 Å². The second-order valence-corrected chi connectivity index (χ2v) is 3.71. The number of hydrogen-bond acceptors (Lipinski definition) is 1. The molecular formula is C15H13N. The van der Waals surface area contributed by atoms with Crippen LogP contribution in [0, 0.1) is 18.8 Å². The van der Waals surface area contributed by atoms with Crippen molar-refractivity contribution in [1.29, 1.82) is 0 Å². The zero-order valence-corrected chi connectivity index (χ0v) is 9.20. The highest BCUT2D eigenvalue weighted by Crippen LogP contribution is 2.12. The average Bonchev–Trinajstić information content (AvgIpc) is 2.32. The maximum absolute atomic E-state index is 5.85. The molecule has 2 rings (SSSR count). The maximum Gasteiger partial charge on any atom is 0.0481 e. The molecule has 0 bridgehead atoms. The van der Waals surface area contributed by atoms with Crippen molar-refractivity contribution in [2.75, 3.05) is 5.73 Å². The van der Waals surface area contributed by atoms with E-state index in [4.69, 9.17) is 5.73 Å². The highest BCUT2D eigenvalue weighted by Gasteiger charge is 1.94. The molecule has 0 radical (unpaired) electrons. The van der Waals surface area contributed by atoms with Crippen LogP contribution in [0.25, 0.3) is 0 Å². The van der Waals surface area contributed by atoms with E-state index in [0.717, 1.165) is 16.8 Å². The third-order valence-corrected chi connectivity index (χ3v) is 2.32. The van der Waals surface area contributed by atoms with Crippen molar-refractivity contribution in [1.82, 2.24) is 0 Å². The number of benzene rings is 2. The Morgan fingerprint density at radius 1 is 0.938 bits per heavy atom. The standard InChI is InChI=1S/C15H13N/c1-12-7-10-15(16)14(11-12)9-8-13-5-3-2-4-6-13/h2-7,10-11H,16H2,1H3. The van der Waals surface area contributed by atoms with Gasteiger partial charge in [0, 0.05) is 16.8 Å². The first-order valence-electron chi connectivity index (χ1n) is 5.19. The zero-order valence-electron chi connectivity index (χ0n) is 9.20. The molecule has 0 heterocycles. The molecule has 0 aliphatic carbocycles. The minimum Gasteiger partial charge on any atom is -0.398 e. The van der Waals surface area contributed by atoms with Crippen molar-refractivity contribution in [2.24, 2.45) is 0 Å². The molecular weight excluding hydrogens is 194 g/mol. The first-order valence-corrected chi connectivity index (χ1v) is 5.19. The van der Waals surface area contributed by atoms with Crippen LogP contribution in [0.2, 0.25) is 0 Å². The van der Waals surface area contributed by atoms with E-state index in [1.165, 1.54) is 5.56 Å². The van der Waals surface area contributed by atoms with Crippen LogP contribution in [-0.4, -0.2) is 0 Å². The fourth-order valence-corrected chi connectivity index (χ4v) is 1.44. The summed E-state index contributed by atoms with van der Waals surface area (Å²) in [7, 11) is 0. The van der Waals surface area contributed by atoms with E-state index in [-0.39, 0.29) is 0 Å². The Balaban J connectivity index is 2.34.